The van der Waals surface area contributed by atoms with Gasteiger partial charge in [0.15, 0.2) is 0 Å². The second kappa shape index (κ2) is 5.21. The summed E-state index contributed by atoms with van der Waals surface area (Å²) in [5.74, 6) is 0.373. The van der Waals surface area contributed by atoms with E-state index in [0.29, 0.717) is 5.82 Å². The van der Waals surface area contributed by atoms with Crippen LogP contribution in [0.5, 0.6) is 0 Å². The van der Waals surface area contributed by atoms with E-state index in [1.165, 1.54) is 12.1 Å². The van der Waals surface area contributed by atoms with Gasteiger partial charge in [-0.25, -0.2) is 4.98 Å². The Bertz CT molecular complexity index is 597. The fourth-order valence-corrected chi connectivity index (χ4v) is 1.80. The van der Waals surface area contributed by atoms with Gasteiger partial charge in [-0.05, 0) is 46.6 Å². The van der Waals surface area contributed by atoms with Crippen LogP contribution >= 0.6 is 15.9 Å². The molecule has 2 nitrogen and oxygen atoms in total. The van der Waals surface area contributed by atoms with Gasteiger partial charge in [-0.2, -0.15) is 13.2 Å². The Kier molecular flexibility index (Phi) is 3.80. The molecule has 100 valence electrons. The van der Waals surface area contributed by atoms with Gasteiger partial charge in [0.25, 0.3) is 0 Å². The average Bonchev–Trinajstić information content (AvgIpc) is 2.33. The number of rotatable bonds is 2. The zero-order valence-electron chi connectivity index (χ0n) is 9.92. The number of hydrogen-bond donors (Lipinski definition) is 1. The van der Waals surface area contributed by atoms with Gasteiger partial charge in [0.2, 0.25) is 0 Å². The molecule has 1 N–H and O–H groups in total. The molecule has 0 aliphatic carbocycles. The molecule has 0 spiro atoms. The highest BCUT2D eigenvalue weighted by atomic mass is 79.9. The van der Waals surface area contributed by atoms with Gasteiger partial charge < -0.3 is 5.32 Å². The topological polar surface area (TPSA) is 24.9 Å². The van der Waals surface area contributed by atoms with Crippen LogP contribution in [0.15, 0.2) is 41.0 Å². The molecule has 0 saturated heterocycles. The highest BCUT2D eigenvalue weighted by molar-refractivity contribution is 9.10. The van der Waals surface area contributed by atoms with Crippen molar-refractivity contribution in [3.63, 3.8) is 0 Å². The molecule has 0 bridgehead atoms. The molecule has 19 heavy (non-hydrogen) atoms. The lowest BCUT2D eigenvalue weighted by atomic mass is 10.1. The summed E-state index contributed by atoms with van der Waals surface area (Å²) >= 11 is 3.29. The lowest BCUT2D eigenvalue weighted by Crippen LogP contribution is -2.09. The summed E-state index contributed by atoms with van der Waals surface area (Å²) < 4.78 is 39.3. The molecule has 0 fully saturated rings. The van der Waals surface area contributed by atoms with Crippen molar-refractivity contribution in [2.75, 3.05) is 5.32 Å². The van der Waals surface area contributed by atoms with E-state index in [1.807, 2.05) is 6.92 Å². The van der Waals surface area contributed by atoms with Gasteiger partial charge in [0, 0.05) is 10.7 Å². The molecule has 1 aromatic carbocycles. The maximum absolute atomic E-state index is 12.8. The normalized spacial score (nSPS) is 11.4. The molecule has 0 amide bonds. The fourth-order valence-electron chi connectivity index (χ4n) is 1.58. The molecule has 0 radical (unpaired) electrons. The maximum atomic E-state index is 12.8. The highest BCUT2D eigenvalue weighted by Gasteiger charge is 2.33. The lowest BCUT2D eigenvalue weighted by molar-refractivity contribution is -0.136. The summed E-state index contributed by atoms with van der Waals surface area (Å²) in [7, 11) is 0. The molecule has 2 aromatic rings. The SMILES string of the molecule is Cc1cc(Nc2ccccc2C(F)(F)F)ncc1Br. The Morgan fingerprint density at radius 3 is 2.53 bits per heavy atom. The van der Waals surface area contributed by atoms with E-state index in [0.717, 1.165) is 16.1 Å². The third-order valence-electron chi connectivity index (χ3n) is 2.54. The van der Waals surface area contributed by atoms with Gasteiger partial charge >= 0.3 is 6.18 Å². The smallest absolute Gasteiger partial charge is 0.340 e. The van der Waals surface area contributed by atoms with E-state index in [9.17, 15) is 13.2 Å². The van der Waals surface area contributed by atoms with Gasteiger partial charge in [0.05, 0.1) is 11.3 Å². The van der Waals surface area contributed by atoms with E-state index in [-0.39, 0.29) is 5.69 Å². The van der Waals surface area contributed by atoms with Crippen LogP contribution in [0.1, 0.15) is 11.1 Å². The van der Waals surface area contributed by atoms with Crippen molar-refractivity contribution < 1.29 is 13.2 Å². The van der Waals surface area contributed by atoms with Crippen LogP contribution in [-0.2, 0) is 6.18 Å². The van der Waals surface area contributed by atoms with Crippen molar-refractivity contribution in [2.24, 2.45) is 0 Å². The van der Waals surface area contributed by atoms with E-state index < -0.39 is 11.7 Å². The molecule has 2 rings (SSSR count). The minimum absolute atomic E-state index is 0.00998. The first kappa shape index (κ1) is 13.9. The van der Waals surface area contributed by atoms with E-state index >= 15 is 0 Å². The summed E-state index contributed by atoms with van der Waals surface area (Å²) in [6, 6.07) is 6.99. The first-order valence-corrected chi connectivity index (χ1v) is 6.22. The van der Waals surface area contributed by atoms with Gasteiger partial charge in [-0.15, -0.1) is 0 Å². The number of hydrogen-bond acceptors (Lipinski definition) is 2. The van der Waals surface area contributed by atoms with Gasteiger partial charge in [0.1, 0.15) is 5.82 Å². The minimum atomic E-state index is -4.39. The molecule has 0 aliphatic rings. The molecule has 0 saturated carbocycles. The van der Waals surface area contributed by atoms with Crippen LogP contribution in [0.25, 0.3) is 0 Å². The number of para-hydroxylation sites is 1. The number of nitrogens with zero attached hydrogens (tertiary/aromatic N) is 1. The van der Waals surface area contributed by atoms with E-state index in [2.05, 4.69) is 26.2 Å². The van der Waals surface area contributed by atoms with Crippen molar-refractivity contribution in [1.82, 2.24) is 4.98 Å². The lowest BCUT2D eigenvalue weighted by Gasteiger charge is -2.14. The highest BCUT2D eigenvalue weighted by Crippen LogP contribution is 2.35. The Labute approximate surface area is 116 Å². The van der Waals surface area contributed by atoms with E-state index in [4.69, 9.17) is 0 Å². The van der Waals surface area contributed by atoms with Crippen LogP contribution < -0.4 is 5.32 Å². The predicted octanol–water partition coefficient (Wildman–Crippen LogP) is 4.91. The second-order valence-electron chi connectivity index (χ2n) is 3.99. The van der Waals surface area contributed by atoms with Crippen LogP contribution in [0.2, 0.25) is 0 Å². The molecule has 0 unspecified atom stereocenters. The molecule has 0 atom stereocenters. The quantitative estimate of drug-likeness (QED) is 0.845. The van der Waals surface area contributed by atoms with Crippen molar-refractivity contribution in [1.29, 1.82) is 0 Å². The number of alkyl halides is 3. The molecule has 0 aliphatic heterocycles. The standard InChI is InChI=1S/C13H10BrF3N2/c1-8-6-12(18-7-10(8)14)19-11-5-3-2-4-9(11)13(15,16)17/h2-7H,1H3,(H,18,19). The Morgan fingerprint density at radius 1 is 1.21 bits per heavy atom. The van der Waals surface area contributed by atoms with Crippen LogP contribution in [0, 0.1) is 6.92 Å². The summed E-state index contributed by atoms with van der Waals surface area (Å²) in [6.45, 7) is 1.84. The second-order valence-corrected chi connectivity index (χ2v) is 4.84. The summed E-state index contributed by atoms with van der Waals surface area (Å²) in [5, 5.41) is 2.70. The van der Waals surface area contributed by atoms with Crippen molar-refractivity contribution in [3.8, 4) is 0 Å². The van der Waals surface area contributed by atoms with Crippen molar-refractivity contribution in [2.45, 2.75) is 13.1 Å². The Balaban J connectivity index is 2.36. The van der Waals surface area contributed by atoms with Gasteiger partial charge in [-0.1, -0.05) is 12.1 Å². The van der Waals surface area contributed by atoms with Crippen LogP contribution in [0.3, 0.4) is 0 Å². The zero-order valence-corrected chi connectivity index (χ0v) is 11.5. The Hall–Kier alpha value is -1.56. The number of aromatic nitrogens is 1. The molecule has 1 heterocycles. The number of halogens is 4. The predicted molar refractivity (Wildman–Crippen MR) is 71.4 cm³/mol. The summed E-state index contributed by atoms with van der Waals surface area (Å²) in [5.41, 5.74) is 0.170. The van der Waals surface area contributed by atoms with Crippen LogP contribution in [-0.4, -0.2) is 4.98 Å². The summed E-state index contributed by atoms with van der Waals surface area (Å²) in [6.07, 6.45) is -2.85. The minimum Gasteiger partial charge on any atom is -0.340 e. The molecular formula is C13H10BrF3N2. The van der Waals surface area contributed by atoms with Crippen LogP contribution in [0.4, 0.5) is 24.7 Å². The number of pyridine rings is 1. The number of nitrogens with one attached hydrogen (secondary N) is 1. The summed E-state index contributed by atoms with van der Waals surface area (Å²) in [4.78, 5) is 4.03. The van der Waals surface area contributed by atoms with E-state index in [1.54, 1.807) is 18.3 Å². The molecule has 1 aromatic heterocycles. The van der Waals surface area contributed by atoms with Crippen molar-refractivity contribution in [3.05, 3.63) is 52.1 Å². The van der Waals surface area contributed by atoms with Gasteiger partial charge in [-0.3, -0.25) is 0 Å². The monoisotopic (exact) mass is 330 g/mol. The number of anilines is 2. The first-order chi connectivity index (χ1) is 8.88. The zero-order chi connectivity index (χ0) is 14.0. The third kappa shape index (κ3) is 3.26. The number of benzene rings is 1. The Morgan fingerprint density at radius 2 is 1.89 bits per heavy atom. The average molecular weight is 331 g/mol. The molecular weight excluding hydrogens is 321 g/mol. The first-order valence-electron chi connectivity index (χ1n) is 5.43. The maximum Gasteiger partial charge on any atom is 0.418 e. The fraction of sp³-hybridized carbons (Fsp3) is 0.154. The largest absolute Gasteiger partial charge is 0.418 e. The number of aryl methyl sites for hydroxylation is 1. The van der Waals surface area contributed by atoms with Crippen molar-refractivity contribution >= 4 is 27.4 Å². The third-order valence-corrected chi connectivity index (χ3v) is 3.37. The molecule has 6 heteroatoms.